The molecule has 0 amide bonds. The second-order valence-electron chi connectivity index (χ2n) is 3.52. The van der Waals surface area contributed by atoms with Gasteiger partial charge in [0.2, 0.25) is 0 Å². The summed E-state index contributed by atoms with van der Waals surface area (Å²) in [5, 5.41) is 3.78. The van der Waals surface area contributed by atoms with Crippen LogP contribution < -0.4 is 11.1 Å². The molecule has 6 heteroatoms. The Morgan fingerprint density at radius 1 is 1.39 bits per heavy atom. The molecule has 18 heavy (non-hydrogen) atoms. The molecule has 0 aliphatic heterocycles. The van der Waals surface area contributed by atoms with Crippen LogP contribution in [0.15, 0.2) is 41.0 Å². The number of rotatable bonds is 3. The Morgan fingerprint density at radius 3 is 2.89 bits per heavy atom. The molecule has 0 aliphatic rings. The Kier molecular flexibility index (Phi) is 4.16. The van der Waals surface area contributed by atoms with Crippen LogP contribution >= 0.6 is 39.7 Å². The second-order valence-corrected chi connectivity index (χ2v) is 5.16. The molecule has 0 aliphatic carbocycles. The lowest BCUT2D eigenvalue weighted by Crippen LogP contribution is -2.09. The van der Waals surface area contributed by atoms with Crippen LogP contribution in [-0.2, 0) is 0 Å². The van der Waals surface area contributed by atoms with E-state index in [9.17, 15) is 0 Å². The van der Waals surface area contributed by atoms with Gasteiger partial charge in [-0.3, -0.25) is 0 Å². The van der Waals surface area contributed by atoms with Crippen molar-refractivity contribution in [3.8, 4) is 0 Å². The molecule has 0 atom stereocenters. The molecule has 1 aromatic heterocycles. The Labute approximate surface area is 123 Å². The lowest BCUT2D eigenvalue weighted by molar-refractivity contribution is 1.30. The highest BCUT2D eigenvalue weighted by Crippen LogP contribution is 2.31. The van der Waals surface area contributed by atoms with Gasteiger partial charge in [0.25, 0.3) is 0 Å². The molecule has 3 nitrogen and oxygen atoms in total. The molecule has 0 saturated carbocycles. The van der Waals surface area contributed by atoms with Crippen molar-refractivity contribution in [2.75, 3.05) is 5.32 Å². The van der Waals surface area contributed by atoms with Gasteiger partial charge < -0.3 is 11.1 Å². The highest BCUT2D eigenvalue weighted by Gasteiger charge is 2.05. The Morgan fingerprint density at radius 2 is 2.17 bits per heavy atom. The summed E-state index contributed by atoms with van der Waals surface area (Å²) in [6.07, 6.45) is 1.65. The molecular weight excluding hydrogens is 334 g/mol. The molecular formula is C12H9BrClN3S. The van der Waals surface area contributed by atoms with E-state index in [1.165, 1.54) is 0 Å². The molecule has 3 N–H and O–H groups in total. The SMILES string of the molecule is NC(=S)c1ccnc(Nc2cccc(Cl)c2Br)c1. The number of aromatic nitrogens is 1. The summed E-state index contributed by atoms with van der Waals surface area (Å²) < 4.78 is 0.786. The first kappa shape index (κ1) is 13.3. The number of nitrogens with zero attached hydrogens (tertiary/aromatic N) is 1. The molecule has 1 heterocycles. The maximum absolute atomic E-state index is 6.01. The molecule has 0 bridgehead atoms. The van der Waals surface area contributed by atoms with Crippen molar-refractivity contribution in [3.05, 3.63) is 51.6 Å². The molecule has 0 saturated heterocycles. The van der Waals surface area contributed by atoms with E-state index < -0.39 is 0 Å². The molecule has 1 aromatic carbocycles. The standard InChI is InChI=1S/C12H9BrClN3S/c13-11-8(14)2-1-3-9(11)17-10-6-7(12(15)18)4-5-16-10/h1-6H,(H2,15,18)(H,16,17). The van der Waals surface area contributed by atoms with Crippen LogP contribution in [0.5, 0.6) is 0 Å². The minimum Gasteiger partial charge on any atom is -0.389 e. The van der Waals surface area contributed by atoms with Crippen molar-refractivity contribution in [3.63, 3.8) is 0 Å². The summed E-state index contributed by atoms with van der Waals surface area (Å²) in [6.45, 7) is 0. The van der Waals surface area contributed by atoms with Crippen molar-refractivity contribution < 1.29 is 0 Å². The van der Waals surface area contributed by atoms with Gasteiger partial charge in [0, 0.05) is 11.8 Å². The van der Waals surface area contributed by atoms with Gasteiger partial charge in [-0.15, -0.1) is 0 Å². The zero-order valence-corrected chi connectivity index (χ0v) is 12.3. The smallest absolute Gasteiger partial charge is 0.131 e. The highest BCUT2D eigenvalue weighted by molar-refractivity contribution is 9.10. The zero-order chi connectivity index (χ0) is 13.1. The first-order chi connectivity index (χ1) is 8.58. The summed E-state index contributed by atoms with van der Waals surface area (Å²) >= 11 is 14.4. The average molecular weight is 343 g/mol. The third kappa shape index (κ3) is 2.98. The molecule has 0 spiro atoms. The third-order valence-corrected chi connectivity index (χ3v) is 3.89. The zero-order valence-electron chi connectivity index (χ0n) is 9.15. The van der Waals surface area contributed by atoms with Gasteiger partial charge in [-0.2, -0.15) is 0 Å². The molecule has 2 rings (SSSR count). The predicted octanol–water partition coefficient (Wildman–Crippen LogP) is 3.88. The van der Waals surface area contributed by atoms with Gasteiger partial charge in [-0.1, -0.05) is 29.9 Å². The van der Waals surface area contributed by atoms with E-state index in [4.69, 9.17) is 29.6 Å². The van der Waals surface area contributed by atoms with Crippen molar-refractivity contribution in [1.29, 1.82) is 0 Å². The number of anilines is 2. The Bertz CT molecular complexity index is 604. The van der Waals surface area contributed by atoms with Gasteiger partial charge in [0.05, 0.1) is 15.2 Å². The van der Waals surface area contributed by atoms with Gasteiger partial charge >= 0.3 is 0 Å². The van der Waals surface area contributed by atoms with Crippen molar-refractivity contribution in [2.24, 2.45) is 5.73 Å². The fourth-order valence-corrected chi connectivity index (χ4v) is 2.06. The van der Waals surface area contributed by atoms with Crippen molar-refractivity contribution in [2.45, 2.75) is 0 Å². The van der Waals surface area contributed by atoms with E-state index in [0.29, 0.717) is 15.8 Å². The Balaban J connectivity index is 2.31. The van der Waals surface area contributed by atoms with Crippen LogP contribution in [0.25, 0.3) is 0 Å². The number of hydrogen-bond acceptors (Lipinski definition) is 3. The molecule has 0 unspecified atom stereocenters. The number of pyridine rings is 1. The van der Waals surface area contributed by atoms with Crippen LogP contribution in [-0.4, -0.2) is 9.97 Å². The van der Waals surface area contributed by atoms with Gasteiger partial charge in [-0.25, -0.2) is 4.98 Å². The number of benzene rings is 1. The van der Waals surface area contributed by atoms with Crippen LogP contribution in [0.4, 0.5) is 11.5 Å². The summed E-state index contributed by atoms with van der Waals surface area (Å²) in [5.74, 6) is 0.656. The van der Waals surface area contributed by atoms with Crippen LogP contribution in [0.1, 0.15) is 5.56 Å². The van der Waals surface area contributed by atoms with E-state index in [0.717, 1.165) is 15.7 Å². The fourth-order valence-electron chi connectivity index (χ4n) is 1.39. The fraction of sp³-hybridized carbons (Fsp3) is 0. The van der Waals surface area contributed by atoms with Gasteiger partial charge in [0.15, 0.2) is 0 Å². The summed E-state index contributed by atoms with van der Waals surface area (Å²) in [5.41, 5.74) is 7.17. The number of thiocarbonyl (C=S) groups is 1. The van der Waals surface area contributed by atoms with Gasteiger partial charge in [0.1, 0.15) is 10.8 Å². The minimum atomic E-state index is 0.339. The van der Waals surface area contributed by atoms with E-state index in [1.807, 2.05) is 12.1 Å². The van der Waals surface area contributed by atoms with E-state index in [2.05, 4.69) is 26.2 Å². The predicted molar refractivity (Wildman–Crippen MR) is 82.6 cm³/mol. The first-order valence-corrected chi connectivity index (χ1v) is 6.63. The number of halogens is 2. The number of nitrogens with one attached hydrogen (secondary N) is 1. The molecule has 0 fully saturated rings. The largest absolute Gasteiger partial charge is 0.389 e. The van der Waals surface area contributed by atoms with Crippen molar-refractivity contribution >= 4 is 56.2 Å². The third-order valence-electron chi connectivity index (χ3n) is 2.26. The number of nitrogens with two attached hydrogens (primary N) is 1. The summed E-state index contributed by atoms with van der Waals surface area (Å²) in [6, 6.07) is 9.10. The van der Waals surface area contributed by atoms with E-state index in [1.54, 1.807) is 24.4 Å². The topological polar surface area (TPSA) is 50.9 Å². The van der Waals surface area contributed by atoms with E-state index in [-0.39, 0.29) is 0 Å². The van der Waals surface area contributed by atoms with E-state index >= 15 is 0 Å². The quantitative estimate of drug-likeness (QED) is 0.831. The summed E-state index contributed by atoms with van der Waals surface area (Å²) in [4.78, 5) is 4.54. The maximum atomic E-state index is 6.01. The van der Waals surface area contributed by atoms with Crippen LogP contribution in [0.3, 0.4) is 0 Å². The number of hydrogen-bond donors (Lipinski definition) is 2. The monoisotopic (exact) mass is 341 g/mol. The highest BCUT2D eigenvalue weighted by atomic mass is 79.9. The van der Waals surface area contributed by atoms with Crippen LogP contribution in [0.2, 0.25) is 5.02 Å². The lowest BCUT2D eigenvalue weighted by Gasteiger charge is -2.09. The summed E-state index contributed by atoms with van der Waals surface area (Å²) in [7, 11) is 0. The first-order valence-electron chi connectivity index (χ1n) is 5.05. The molecule has 92 valence electrons. The van der Waals surface area contributed by atoms with Crippen LogP contribution in [0, 0.1) is 0 Å². The molecule has 0 radical (unpaired) electrons. The van der Waals surface area contributed by atoms with Crippen molar-refractivity contribution in [1.82, 2.24) is 4.98 Å². The molecule has 2 aromatic rings. The maximum Gasteiger partial charge on any atom is 0.131 e. The lowest BCUT2D eigenvalue weighted by atomic mass is 10.2. The van der Waals surface area contributed by atoms with Gasteiger partial charge in [-0.05, 0) is 40.2 Å². The second kappa shape index (κ2) is 5.65. The normalized spacial score (nSPS) is 10.1. The minimum absolute atomic E-state index is 0.339. The average Bonchev–Trinajstić information content (AvgIpc) is 2.35. The Hall–Kier alpha value is -1.17.